The van der Waals surface area contributed by atoms with Gasteiger partial charge in [0.15, 0.2) is 15.8 Å². The molecule has 0 amide bonds. The van der Waals surface area contributed by atoms with E-state index in [4.69, 9.17) is 28.2 Å². The summed E-state index contributed by atoms with van der Waals surface area (Å²) in [5.41, 5.74) is 0. The lowest BCUT2D eigenvalue weighted by molar-refractivity contribution is 0.000640. The van der Waals surface area contributed by atoms with Crippen LogP contribution in [0.1, 0.15) is 54.9 Å². The third-order valence-corrected chi connectivity index (χ3v) is 14.2. The van der Waals surface area contributed by atoms with Crippen molar-refractivity contribution in [3.63, 3.8) is 0 Å². The molecule has 198 valence electrons. The molecule has 0 aromatic carbocycles. The Hall–Kier alpha value is -0.273. The maximum atomic E-state index is 10.1. The van der Waals surface area contributed by atoms with Gasteiger partial charge in [0.05, 0.1) is 68.9 Å². The van der Waals surface area contributed by atoms with Gasteiger partial charge in [-0.15, -0.1) is 0 Å². The fraction of sp³-hybridized carbons (Fsp3) is 0.917. The van der Waals surface area contributed by atoms with Crippen LogP contribution in [-0.2, 0) is 22.9 Å². The number of aliphatic hydroxyl groups excluding tert-OH is 1. The molecule has 2 N–H and O–H groups in total. The number of nitrogens with one attached hydrogen (secondary N) is 1. The average molecular weight is 519 g/mol. The molecule has 3 unspecified atom stereocenters. The predicted octanol–water partition coefficient (Wildman–Crippen LogP) is 4.32. The molecule has 9 atom stereocenters. The average Bonchev–Trinajstić information content (AvgIpc) is 3.16. The number of nitriles is 1. The van der Waals surface area contributed by atoms with E-state index >= 15 is 0 Å². The van der Waals surface area contributed by atoms with Gasteiger partial charge in [0.1, 0.15) is 0 Å². The fourth-order valence-corrected chi connectivity index (χ4v) is 7.33. The van der Waals surface area contributed by atoms with Crippen LogP contribution in [0.25, 0.3) is 0 Å². The van der Waals surface area contributed by atoms with Crippen LogP contribution in [0.4, 0.5) is 0 Å². The minimum Gasteiger partial charge on any atom is -0.410 e. The van der Waals surface area contributed by atoms with Crippen LogP contribution in [-0.4, -0.2) is 76.1 Å². The zero-order valence-electron chi connectivity index (χ0n) is 22.5. The number of hydrogen-bond donors (Lipinski definition) is 2. The van der Waals surface area contributed by atoms with Crippen LogP contribution in [0, 0.1) is 23.2 Å². The normalized spacial score (nSPS) is 36.4. The van der Waals surface area contributed by atoms with Crippen molar-refractivity contribution in [3.8, 4) is 6.07 Å². The zero-order valence-corrected chi connectivity index (χ0v) is 24.4. The number of ether oxygens (including phenoxy) is 2. The molecule has 2 rings (SSSR count). The molecular weight excluding hydrogens is 471 g/mol. The van der Waals surface area contributed by atoms with Crippen LogP contribution in [0.5, 0.6) is 0 Å². The first-order chi connectivity index (χ1) is 15.7. The summed E-state index contributed by atoms with van der Waals surface area (Å²) in [5.74, 6) is 0.779. The Balaban J connectivity index is 2.23. The van der Waals surface area contributed by atoms with E-state index in [2.05, 4.69) is 72.1 Å². The van der Waals surface area contributed by atoms with Gasteiger partial charge in [0.2, 0.25) is 0 Å². The Kier molecular flexibility index (Phi) is 10.4. The van der Waals surface area contributed by atoms with Gasteiger partial charge in [-0.05, 0) is 50.1 Å². The van der Waals surface area contributed by atoms with Crippen LogP contribution >= 0.6 is 7.49 Å². The van der Waals surface area contributed by atoms with E-state index in [0.717, 1.165) is 0 Å². The number of hydrogen-bond acceptors (Lipinski definition) is 8. The highest BCUT2D eigenvalue weighted by atomic mass is 31.2. The van der Waals surface area contributed by atoms with E-state index in [1.54, 1.807) is 0 Å². The van der Waals surface area contributed by atoms with E-state index in [-0.39, 0.29) is 55.1 Å². The standard InChI is InChI=1S/C24H47N2O6PSi/c1-16-17(2)21(30-18(16)3)15-29-33(8,28-13-11-12-25)26-22-20(14-27)31-19(4)23(22)32-34(9,10)24(5,6)7/h16-23,26-27H,8,11,13-15H2,1-7,9-10H3/t16-,17?,18-,19-,20+,21+,22-,23?,33?/m0/s1. The van der Waals surface area contributed by atoms with Crippen molar-refractivity contribution in [1.29, 1.82) is 5.26 Å². The van der Waals surface area contributed by atoms with Gasteiger partial charge in [-0.25, -0.2) is 5.09 Å². The zero-order chi connectivity index (χ0) is 25.9. The van der Waals surface area contributed by atoms with Crippen molar-refractivity contribution in [2.45, 2.75) is 110 Å². The SMILES string of the molecule is C=P(N[C@@H]1C(O[Si](C)(C)C(C)(C)C)[C@H](C)O[C@@H]1CO)(OCCC#N)OC[C@H]1O[C@@H](C)[C@@H](C)C1C. The molecule has 0 aromatic rings. The monoisotopic (exact) mass is 518 g/mol. The van der Waals surface area contributed by atoms with Crippen LogP contribution < -0.4 is 5.09 Å². The molecule has 34 heavy (non-hydrogen) atoms. The quantitative estimate of drug-likeness (QED) is 0.237. The molecule has 0 radical (unpaired) electrons. The molecule has 0 spiro atoms. The summed E-state index contributed by atoms with van der Waals surface area (Å²) in [5, 5.41) is 22.6. The minimum atomic E-state index is -2.87. The van der Waals surface area contributed by atoms with Crippen molar-refractivity contribution in [3.05, 3.63) is 0 Å². The highest BCUT2D eigenvalue weighted by Crippen LogP contribution is 2.48. The van der Waals surface area contributed by atoms with Crippen molar-refractivity contribution < 1.29 is 28.1 Å². The number of rotatable bonds is 11. The second-order valence-corrected chi connectivity index (χ2v) is 18.2. The Morgan fingerprint density at radius 1 is 1.06 bits per heavy atom. The summed E-state index contributed by atoms with van der Waals surface area (Å²) >= 11 is 0. The third-order valence-electron chi connectivity index (χ3n) is 7.88. The van der Waals surface area contributed by atoms with E-state index in [1.165, 1.54) is 0 Å². The van der Waals surface area contributed by atoms with Crippen molar-refractivity contribution in [1.82, 2.24) is 5.09 Å². The van der Waals surface area contributed by atoms with Gasteiger partial charge in [-0.2, -0.15) is 5.26 Å². The van der Waals surface area contributed by atoms with Crippen molar-refractivity contribution in [2.24, 2.45) is 11.8 Å². The van der Waals surface area contributed by atoms with Gasteiger partial charge in [0, 0.05) is 0 Å². The maximum absolute atomic E-state index is 10.1. The summed E-state index contributed by atoms with van der Waals surface area (Å²) in [7, 11) is -5.00. The first kappa shape index (κ1) is 30.0. The van der Waals surface area contributed by atoms with Gasteiger partial charge < -0.3 is 28.1 Å². The summed E-state index contributed by atoms with van der Waals surface area (Å²) in [4.78, 5) is 0. The second kappa shape index (κ2) is 11.8. The third kappa shape index (κ3) is 7.15. The van der Waals surface area contributed by atoms with Crippen molar-refractivity contribution >= 4 is 22.1 Å². The molecular formula is C24H47N2O6PSi. The number of aliphatic hydroxyl groups is 1. The Morgan fingerprint density at radius 3 is 2.18 bits per heavy atom. The summed E-state index contributed by atoms with van der Waals surface area (Å²) in [6, 6.07) is 1.75. The molecule has 8 nitrogen and oxygen atoms in total. The Labute approximate surface area is 208 Å². The lowest BCUT2D eigenvalue weighted by atomic mass is 9.91. The maximum Gasteiger partial charge on any atom is 0.192 e. The highest BCUT2D eigenvalue weighted by molar-refractivity contribution is 7.62. The van der Waals surface area contributed by atoms with Crippen LogP contribution in [0.3, 0.4) is 0 Å². The molecule has 2 aliphatic heterocycles. The van der Waals surface area contributed by atoms with Gasteiger partial charge in [-0.3, -0.25) is 0 Å². The van der Waals surface area contributed by atoms with Gasteiger partial charge >= 0.3 is 0 Å². The second-order valence-electron chi connectivity index (χ2n) is 11.4. The smallest absolute Gasteiger partial charge is 0.192 e. The summed E-state index contributed by atoms with van der Waals surface area (Å²) in [6.45, 7) is 19.8. The molecule has 0 saturated carbocycles. The molecule has 2 heterocycles. The van der Waals surface area contributed by atoms with E-state index in [0.29, 0.717) is 18.4 Å². The molecule has 2 saturated heterocycles. The predicted molar refractivity (Wildman–Crippen MR) is 139 cm³/mol. The molecule has 2 aliphatic rings. The van der Waals surface area contributed by atoms with Crippen LogP contribution in [0.15, 0.2) is 0 Å². The minimum absolute atomic E-state index is 0.0222. The lowest BCUT2D eigenvalue weighted by Gasteiger charge is -2.41. The Bertz CT molecular complexity index is 755. The van der Waals surface area contributed by atoms with E-state index in [1.807, 2.05) is 6.92 Å². The fourth-order valence-electron chi connectivity index (χ4n) is 4.19. The van der Waals surface area contributed by atoms with Gasteiger partial charge in [-0.1, -0.05) is 34.6 Å². The van der Waals surface area contributed by atoms with Crippen LogP contribution in [0.2, 0.25) is 18.1 Å². The first-order valence-electron chi connectivity index (χ1n) is 12.4. The van der Waals surface area contributed by atoms with Crippen molar-refractivity contribution in [2.75, 3.05) is 19.8 Å². The highest BCUT2D eigenvalue weighted by Gasteiger charge is 2.50. The molecule has 0 aromatic heterocycles. The summed E-state index contributed by atoms with van der Waals surface area (Å²) in [6.07, 6.45) is 3.68. The molecule has 2 fully saturated rings. The lowest BCUT2D eigenvalue weighted by Crippen LogP contribution is -2.53. The number of nitrogens with zero attached hydrogens (tertiary/aromatic N) is 1. The van der Waals surface area contributed by atoms with Gasteiger partial charge in [0.25, 0.3) is 0 Å². The molecule has 0 bridgehead atoms. The topological polar surface area (TPSA) is 102 Å². The van der Waals surface area contributed by atoms with E-state index < -0.39 is 21.9 Å². The molecule has 10 heteroatoms. The largest absolute Gasteiger partial charge is 0.410 e. The Morgan fingerprint density at radius 2 is 1.68 bits per heavy atom. The summed E-state index contributed by atoms with van der Waals surface area (Å²) < 4.78 is 31.3. The first-order valence-corrected chi connectivity index (χ1v) is 17.1. The molecule has 0 aliphatic carbocycles. The van der Waals surface area contributed by atoms with E-state index in [9.17, 15) is 5.11 Å².